The van der Waals surface area contributed by atoms with Crippen molar-refractivity contribution in [3.05, 3.63) is 118 Å². The minimum absolute atomic E-state index is 0.00571. The topological polar surface area (TPSA) is 198 Å². The van der Waals surface area contributed by atoms with Gasteiger partial charge in [0.2, 0.25) is 11.8 Å². The zero-order chi connectivity index (χ0) is 50.0. The highest BCUT2D eigenvalue weighted by molar-refractivity contribution is 6.09. The Morgan fingerprint density at radius 1 is 0.743 bits per heavy atom. The molecule has 0 saturated carbocycles. The number of pyridine rings is 1. The zero-order valence-corrected chi connectivity index (χ0v) is 40.9. The van der Waals surface area contributed by atoms with E-state index < -0.39 is 29.3 Å². The van der Waals surface area contributed by atoms with Crippen molar-refractivity contribution in [1.82, 2.24) is 34.8 Å². The molecule has 70 heavy (non-hydrogen) atoms. The molecule has 5 amide bonds. The van der Waals surface area contributed by atoms with Gasteiger partial charge in [-0.05, 0) is 86.9 Å². The second-order valence-electron chi connectivity index (χ2n) is 19.4. The van der Waals surface area contributed by atoms with Gasteiger partial charge in [0.15, 0.2) is 5.69 Å². The molecule has 372 valence electrons. The molecule has 0 atom stereocenters. The maximum atomic E-state index is 15.0. The molecule has 0 unspecified atom stereocenters. The third kappa shape index (κ3) is 13.5. The normalized spacial score (nSPS) is 16.2. The number of piperidine rings is 1. The van der Waals surface area contributed by atoms with Crippen molar-refractivity contribution in [3.8, 4) is 11.1 Å². The Bertz CT molecular complexity index is 2540. The number of alkyl carbamates (subject to hydrolysis) is 1. The van der Waals surface area contributed by atoms with E-state index in [2.05, 4.69) is 39.5 Å². The van der Waals surface area contributed by atoms with Crippen LogP contribution >= 0.6 is 0 Å². The number of nitrogens with two attached hydrogens (primary N) is 1. The molecule has 17 heteroatoms. The Kier molecular flexibility index (Phi) is 17.0. The Morgan fingerprint density at radius 3 is 2.10 bits per heavy atom. The third-order valence-corrected chi connectivity index (χ3v) is 13.2. The predicted octanol–water partition coefficient (Wildman–Crippen LogP) is 5.55. The van der Waals surface area contributed by atoms with Gasteiger partial charge >= 0.3 is 6.09 Å². The van der Waals surface area contributed by atoms with Gasteiger partial charge < -0.3 is 46.1 Å². The highest BCUT2D eigenvalue weighted by Gasteiger charge is 2.31. The molecule has 4 aromatic rings. The van der Waals surface area contributed by atoms with Crippen molar-refractivity contribution in [2.45, 2.75) is 59.0 Å². The lowest BCUT2D eigenvalue weighted by atomic mass is 9.95. The first-order valence-electron chi connectivity index (χ1n) is 24.4. The average molecular weight is 959 g/mol. The molecule has 1 aromatic heterocycles. The quantitative estimate of drug-likeness (QED) is 0.0817. The maximum Gasteiger partial charge on any atom is 0.407 e. The van der Waals surface area contributed by atoms with Crippen LogP contribution in [0.2, 0.25) is 0 Å². The lowest BCUT2D eigenvalue weighted by Crippen LogP contribution is -2.55. The van der Waals surface area contributed by atoms with Crippen molar-refractivity contribution in [2.75, 3.05) is 96.9 Å². The number of amides is 5. The van der Waals surface area contributed by atoms with Gasteiger partial charge in [-0.25, -0.2) is 14.2 Å². The summed E-state index contributed by atoms with van der Waals surface area (Å²) in [6.07, 6.45) is 3.99. The molecule has 0 radical (unpaired) electrons. The number of benzene rings is 3. The number of carbonyl (C=O) groups excluding carboxylic acids is 5. The number of ether oxygens (including phenoxy) is 1. The van der Waals surface area contributed by atoms with E-state index in [1.165, 1.54) is 23.8 Å². The Balaban J connectivity index is 0.843. The lowest BCUT2D eigenvalue weighted by Gasteiger charge is -2.40. The van der Waals surface area contributed by atoms with E-state index in [1.54, 1.807) is 40.3 Å². The van der Waals surface area contributed by atoms with Crippen molar-refractivity contribution < 1.29 is 33.1 Å². The molecule has 0 bridgehead atoms. The summed E-state index contributed by atoms with van der Waals surface area (Å²) in [5.74, 6) is -1.46. The minimum atomic E-state index is -0.660. The number of hydrogen-bond acceptors (Lipinski definition) is 11. The second kappa shape index (κ2) is 23.3. The van der Waals surface area contributed by atoms with Gasteiger partial charge in [-0.3, -0.25) is 24.1 Å². The number of aromatic nitrogens is 1. The van der Waals surface area contributed by atoms with Crippen LogP contribution in [0.5, 0.6) is 0 Å². The summed E-state index contributed by atoms with van der Waals surface area (Å²) in [7, 11) is 0. The predicted molar refractivity (Wildman–Crippen MR) is 268 cm³/mol. The third-order valence-electron chi connectivity index (χ3n) is 13.2. The molecule has 5 N–H and O–H groups in total. The average Bonchev–Trinajstić information content (AvgIpc) is 3.35. The standard InChI is InChI=1S/C53H67FN10O6/c1-5-36-9-8-10-39(29-36)40-32-46(57-17-18-58-52(69)70-53(2,3)4)48(59-33-40)51(68)63-19-15-37(16-20-63)34-60-21-23-61(24-22-60)35-47(65)62-25-27-64(28-26-62)50(67)43-30-38(13-14-44(43)54)31-45(55)41-11-6-7-12-42(41)49(56)66/h6-14,29-30,32-33,37,55,57H,5,15-28,31,34-35H2,1-4H3,(H2,56,66)(H,58,69). The van der Waals surface area contributed by atoms with Crippen LogP contribution in [0.15, 0.2) is 79.0 Å². The summed E-state index contributed by atoms with van der Waals surface area (Å²) in [5.41, 5.74) is 10.2. The summed E-state index contributed by atoms with van der Waals surface area (Å²) < 4.78 is 20.4. The number of rotatable bonds is 16. The van der Waals surface area contributed by atoms with E-state index in [0.29, 0.717) is 74.2 Å². The van der Waals surface area contributed by atoms with Gasteiger partial charge in [0.25, 0.3) is 11.8 Å². The second-order valence-corrected chi connectivity index (χ2v) is 19.4. The SMILES string of the molecule is CCc1cccc(-c2cnc(C(=O)N3CCC(CN4CCN(CC(=O)N5CCN(C(=O)c6cc(CC(=N)c7ccccc7C(N)=O)ccc6F)CC5)CC4)CC3)c(NCCNC(=O)OC(C)(C)C)c2)c1. The number of likely N-dealkylation sites (tertiary alicyclic amines) is 1. The smallest absolute Gasteiger partial charge is 0.407 e. The van der Waals surface area contributed by atoms with Gasteiger partial charge in [-0.15, -0.1) is 0 Å². The van der Waals surface area contributed by atoms with E-state index in [9.17, 15) is 24.0 Å². The number of anilines is 1. The van der Waals surface area contributed by atoms with E-state index >= 15 is 4.39 Å². The highest BCUT2D eigenvalue weighted by Crippen LogP contribution is 2.28. The monoisotopic (exact) mass is 959 g/mol. The molecule has 3 aliphatic rings. The summed E-state index contributed by atoms with van der Waals surface area (Å²) in [5, 5.41) is 14.7. The number of aryl methyl sites for hydroxylation is 1. The van der Waals surface area contributed by atoms with Gasteiger partial charge in [0, 0.05) is 120 Å². The van der Waals surface area contributed by atoms with Gasteiger partial charge in [-0.2, -0.15) is 0 Å². The van der Waals surface area contributed by atoms with Crippen molar-refractivity contribution >= 4 is 41.1 Å². The Hall–Kier alpha value is -6.72. The first-order valence-corrected chi connectivity index (χ1v) is 24.4. The van der Waals surface area contributed by atoms with Crippen molar-refractivity contribution in [3.63, 3.8) is 0 Å². The van der Waals surface area contributed by atoms with Crippen LogP contribution in [0, 0.1) is 17.1 Å². The molecule has 3 saturated heterocycles. The summed E-state index contributed by atoms with van der Waals surface area (Å²) in [6, 6.07) is 21.0. The van der Waals surface area contributed by atoms with Crippen LogP contribution in [-0.4, -0.2) is 162 Å². The van der Waals surface area contributed by atoms with E-state index in [4.69, 9.17) is 20.9 Å². The molecule has 0 aliphatic carbocycles. The summed E-state index contributed by atoms with van der Waals surface area (Å²) in [6.45, 7) is 15.1. The van der Waals surface area contributed by atoms with Crippen molar-refractivity contribution in [2.24, 2.45) is 11.7 Å². The lowest BCUT2D eigenvalue weighted by molar-refractivity contribution is -0.134. The molecule has 7 rings (SSSR count). The molecule has 16 nitrogen and oxygen atoms in total. The zero-order valence-electron chi connectivity index (χ0n) is 40.9. The number of halogens is 1. The fourth-order valence-electron chi connectivity index (χ4n) is 9.27. The van der Waals surface area contributed by atoms with Crippen LogP contribution in [0.4, 0.5) is 14.9 Å². The number of carbonyl (C=O) groups is 5. The number of primary amides is 1. The molecule has 3 aliphatic heterocycles. The summed E-state index contributed by atoms with van der Waals surface area (Å²) in [4.78, 5) is 79.8. The van der Waals surface area contributed by atoms with Gasteiger partial charge in [-0.1, -0.05) is 55.5 Å². The largest absolute Gasteiger partial charge is 0.444 e. The minimum Gasteiger partial charge on any atom is -0.444 e. The maximum absolute atomic E-state index is 15.0. The molecule has 0 spiro atoms. The fraction of sp³-hybridized carbons (Fsp3) is 0.453. The van der Waals surface area contributed by atoms with Crippen molar-refractivity contribution in [1.29, 1.82) is 5.41 Å². The van der Waals surface area contributed by atoms with Crippen LogP contribution in [0.25, 0.3) is 11.1 Å². The number of nitrogens with zero attached hydrogens (tertiary/aromatic N) is 6. The van der Waals surface area contributed by atoms with Crippen LogP contribution in [-0.2, 0) is 22.4 Å². The van der Waals surface area contributed by atoms with Crippen LogP contribution in [0.1, 0.15) is 88.4 Å². The van der Waals surface area contributed by atoms with E-state index in [-0.39, 0.29) is 48.2 Å². The Morgan fingerprint density at radius 2 is 1.41 bits per heavy atom. The number of piperazine rings is 2. The molecule has 3 fully saturated rings. The van der Waals surface area contributed by atoms with Gasteiger partial charge in [0.05, 0.1) is 17.8 Å². The first kappa shape index (κ1) is 51.1. The molecular formula is C53H67FN10O6. The first-order chi connectivity index (χ1) is 33.5. The molecule has 4 heterocycles. The molecular weight excluding hydrogens is 892 g/mol. The van der Waals surface area contributed by atoms with Gasteiger partial charge in [0.1, 0.15) is 11.4 Å². The fourth-order valence-corrected chi connectivity index (χ4v) is 9.27. The molecule has 3 aromatic carbocycles. The summed E-state index contributed by atoms with van der Waals surface area (Å²) >= 11 is 0. The van der Waals surface area contributed by atoms with E-state index in [0.717, 1.165) is 63.1 Å². The Labute approximate surface area is 410 Å². The number of hydrogen-bond donors (Lipinski definition) is 4. The van der Waals surface area contributed by atoms with Crippen LogP contribution in [0.3, 0.4) is 0 Å². The van der Waals surface area contributed by atoms with E-state index in [1.807, 2.05) is 43.9 Å². The highest BCUT2D eigenvalue weighted by atomic mass is 19.1. The van der Waals surface area contributed by atoms with Crippen LogP contribution < -0.4 is 16.4 Å². The number of nitrogens with one attached hydrogen (secondary N) is 3.